The maximum absolute atomic E-state index is 12.7. The van der Waals surface area contributed by atoms with Crippen LogP contribution in [0, 0.1) is 0 Å². The molecule has 0 radical (unpaired) electrons. The summed E-state index contributed by atoms with van der Waals surface area (Å²) in [7, 11) is -4.05. The third-order valence-electron chi connectivity index (χ3n) is 3.91. The van der Waals surface area contributed by atoms with E-state index in [2.05, 4.69) is 26.2 Å². The molecule has 2 aromatic heterocycles. The highest BCUT2D eigenvalue weighted by Gasteiger charge is 2.22. The second-order valence-electron chi connectivity index (χ2n) is 6.04. The molecule has 0 atom stereocenters. The Balaban J connectivity index is 1.52. The third-order valence-corrected chi connectivity index (χ3v) is 8.27. The second kappa shape index (κ2) is 8.72. The molecule has 0 aliphatic carbocycles. The van der Waals surface area contributed by atoms with Crippen LogP contribution in [0.5, 0.6) is 5.75 Å². The first-order valence-corrected chi connectivity index (χ1v) is 12.5. The topological polar surface area (TPSA) is 97.4 Å². The van der Waals surface area contributed by atoms with Crippen LogP contribution in [0.2, 0.25) is 0 Å². The molecule has 2 amide bonds. The van der Waals surface area contributed by atoms with Crippen molar-refractivity contribution in [3.8, 4) is 5.75 Å². The van der Waals surface area contributed by atoms with Crippen LogP contribution in [0.25, 0.3) is 10.1 Å². The number of nitrogens with one attached hydrogen (secondary N) is 2. The largest absolute Gasteiger partial charge is 0.487 e. The molecule has 0 fully saturated rings. The molecule has 0 unspecified atom stereocenters. The van der Waals surface area contributed by atoms with Crippen molar-refractivity contribution < 1.29 is 17.9 Å². The summed E-state index contributed by atoms with van der Waals surface area (Å²) in [5.41, 5.74) is 1.01. The fourth-order valence-corrected chi connectivity index (χ4v) is 6.05. The van der Waals surface area contributed by atoms with Gasteiger partial charge in [0.25, 0.3) is 10.0 Å². The molecule has 2 aromatic carbocycles. The Bertz CT molecular complexity index is 1300. The quantitative estimate of drug-likeness (QED) is 0.361. The molecule has 4 rings (SSSR count). The van der Waals surface area contributed by atoms with E-state index in [4.69, 9.17) is 4.74 Å². The fourth-order valence-electron chi connectivity index (χ4n) is 2.60. The molecule has 0 aliphatic heterocycles. The van der Waals surface area contributed by atoms with E-state index in [1.165, 1.54) is 23.6 Å². The Morgan fingerprint density at radius 3 is 2.63 bits per heavy atom. The van der Waals surface area contributed by atoms with Crippen molar-refractivity contribution in [2.75, 3.05) is 5.32 Å². The Kier molecular flexibility index (Phi) is 6.04. The Morgan fingerprint density at radius 1 is 1.10 bits per heavy atom. The van der Waals surface area contributed by atoms with Crippen LogP contribution in [-0.2, 0) is 16.6 Å². The lowest BCUT2D eigenvalue weighted by atomic mass is 10.2. The third kappa shape index (κ3) is 4.81. The van der Waals surface area contributed by atoms with Crippen LogP contribution in [0.1, 0.15) is 5.56 Å². The number of thiazole rings is 1. The standard InChI is InChI=1S/C19H14BrN3O4S3/c20-15-10-21-19(28-15)22-18(24)23-30(25,26)16-9-13-7-4-8-14(17(13)29-16)27-11-12-5-2-1-3-6-12/h1-10H,11H2,(H2,21,22,23,24). The Hall–Kier alpha value is -2.47. The first kappa shape index (κ1) is 20.8. The van der Waals surface area contributed by atoms with Crippen molar-refractivity contribution in [3.63, 3.8) is 0 Å². The predicted molar refractivity (Wildman–Crippen MR) is 122 cm³/mol. The summed E-state index contributed by atoms with van der Waals surface area (Å²) < 4.78 is 34.7. The van der Waals surface area contributed by atoms with Crippen molar-refractivity contribution in [1.29, 1.82) is 0 Å². The maximum atomic E-state index is 12.7. The number of benzene rings is 2. The second-order valence-corrected chi connectivity index (χ2v) is 11.4. The van der Waals surface area contributed by atoms with Crippen LogP contribution < -0.4 is 14.8 Å². The molecule has 2 N–H and O–H groups in total. The van der Waals surface area contributed by atoms with Gasteiger partial charge in [0.15, 0.2) is 5.13 Å². The van der Waals surface area contributed by atoms with E-state index in [0.29, 0.717) is 20.8 Å². The number of rotatable bonds is 6. The highest BCUT2D eigenvalue weighted by molar-refractivity contribution is 9.11. The number of nitrogens with zero attached hydrogens (tertiary/aromatic N) is 1. The van der Waals surface area contributed by atoms with E-state index >= 15 is 0 Å². The van der Waals surface area contributed by atoms with Gasteiger partial charge in [0.05, 0.1) is 14.7 Å². The van der Waals surface area contributed by atoms with E-state index in [1.54, 1.807) is 18.2 Å². The number of thiophene rings is 1. The van der Waals surface area contributed by atoms with E-state index < -0.39 is 16.1 Å². The summed E-state index contributed by atoms with van der Waals surface area (Å²) in [4.78, 5) is 16.0. The number of carbonyl (C=O) groups excluding carboxylic acids is 1. The van der Waals surface area contributed by atoms with Gasteiger partial charge in [0.2, 0.25) is 0 Å². The molecule has 0 saturated heterocycles. The van der Waals surface area contributed by atoms with Crippen molar-refractivity contribution in [3.05, 3.63) is 70.1 Å². The number of halogens is 1. The molecular formula is C19H14BrN3O4S3. The number of hydrogen-bond acceptors (Lipinski definition) is 7. The molecule has 0 spiro atoms. The average molecular weight is 524 g/mol. The molecule has 154 valence electrons. The molecule has 0 aliphatic rings. The van der Waals surface area contributed by atoms with Gasteiger partial charge in [-0.3, -0.25) is 5.32 Å². The Morgan fingerprint density at radius 2 is 1.90 bits per heavy atom. The lowest BCUT2D eigenvalue weighted by molar-refractivity contribution is 0.256. The van der Waals surface area contributed by atoms with Crippen LogP contribution in [0.4, 0.5) is 9.93 Å². The van der Waals surface area contributed by atoms with Gasteiger partial charge in [-0.05, 0) is 39.0 Å². The van der Waals surface area contributed by atoms with Crippen LogP contribution in [0.15, 0.2) is 68.8 Å². The summed E-state index contributed by atoms with van der Waals surface area (Å²) in [5, 5.41) is 3.40. The first-order valence-electron chi connectivity index (χ1n) is 8.55. The average Bonchev–Trinajstić information content (AvgIpc) is 3.33. The number of amides is 2. The molecular weight excluding hydrogens is 510 g/mol. The van der Waals surface area contributed by atoms with Gasteiger partial charge in [-0.25, -0.2) is 22.9 Å². The number of hydrogen-bond donors (Lipinski definition) is 2. The Labute approximate surface area is 188 Å². The van der Waals surface area contributed by atoms with Crippen molar-refractivity contribution in [2.24, 2.45) is 0 Å². The first-order chi connectivity index (χ1) is 14.4. The van der Waals surface area contributed by atoms with Gasteiger partial charge in [0.1, 0.15) is 16.6 Å². The summed E-state index contributed by atoms with van der Waals surface area (Å²) in [5.74, 6) is 0.583. The van der Waals surface area contributed by atoms with E-state index in [1.807, 2.05) is 35.1 Å². The van der Waals surface area contributed by atoms with Gasteiger partial charge < -0.3 is 4.74 Å². The van der Waals surface area contributed by atoms with E-state index in [0.717, 1.165) is 22.3 Å². The zero-order valence-corrected chi connectivity index (χ0v) is 19.2. The van der Waals surface area contributed by atoms with Crippen molar-refractivity contribution >= 4 is 69.9 Å². The van der Waals surface area contributed by atoms with Crippen molar-refractivity contribution in [1.82, 2.24) is 9.71 Å². The van der Waals surface area contributed by atoms with Crippen LogP contribution >= 0.6 is 38.6 Å². The molecule has 30 heavy (non-hydrogen) atoms. The number of anilines is 1. The van der Waals surface area contributed by atoms with E-state index in [-0.39, 0.29) is 9.34 Å². The van der Waals surface area contributed by atoms with Crippen molar-refractivity contribution in [2.45, 2.75) is 10.8 Å². The molecule has 0 bridgehead atoms. The number of urea groups is 1. The summed E-state index contributed by atoms with van der Waals surface area (Å²) in [6.45, 7) is 0.365. The molecule has 2 heterocycles. The summed E-state index contributed by atoms with van der Waals surface area (Å²) in [6, 6.07) is 15.7. The smallest absolute Gasteiger partial charge is 0.334 e. The zero-order valence-electron chi connectivity index (χ0n) is 15.2. The van der Waals surface area contributed by atoms with Crippen LogP contribution in [-0.4, -0.2) is 19.4 Å². The molecule has 11 heteroatoms. The predicted octanol–water partition coefficient (Wildman–Crippen LogP) is 5.21. The maximum Gasteiger partial charge on any atom is 0.334 e. The summed E-state index contributed by atoms with van der Waals surface area (Å²) >= 11 is 5.44. The minimum atomic E-state index is -4.05. The van der Waals surface area contributed by atoms with Gasteiger partial charge in [-0.15, -0.1) is 11.3 Å². The highest BCUT2D eigenvalue weighted by atomic mass is 79.9. The highest BCUT2D eigenvalue weighted by Crippen LogP contribution is 2.36. The number of sulfonamides is 1. The number of carbonyl (C=O) groups is 1. The van der Waals surface area contributed by atoms with Gasteiger partial charge in [0, 0.05) is 0 Å². The molecule has 0 saturated carbocycles. The van der Waals surface area contributed by atoms with Gasteiger partial charge >= 0.3 is 6.03 Å². The summed E-state index contributed by atoms with van der Waals surface area (Å²) in [6.07, 6.45) is 1.51. The minimum absolute atomic E-state index is 0.0173. The SMILES string of the molecule is O=C(Nc1ncc(Br)s1)NS(=O)(=O)c1cc2cccc(OCc3ccccc3)c2s1. The van der Waals surface area contributed by atoms with Gasteiger partial charge in [-0.1, -0.05) is 53.8 Å². The lowest BCUT2D eigenvalue weighted by Crippen LogP contribution is -2.33. The monoisotopic (exact) mass is 523 g/mol. The lowest BCUT2D eigenvalue weighted by Gasteiger charge is -2.07. The fraction of sp³-hybridized carbons (Fsp3) is 0.0526. The zero-order chi connectivity index (χ0) is 21.1. The molecule has 4 aromatic rings. The normalized spacial score (nSPS) is 11.4. The van der Waals surface area contributed by atoms with Crippen LogP contribution in [0.3, 0.4) is 0 Å². The van der Waals surface area contributed by atoms with E-state index in [9.17, 15) is 13.2 Å². The minimum Gasteiger partial charge on any atom is -0.487 e. The molecule has 7 nitrogen and oxygen atoms in total. The number of aromatic nitrogens is 1. The van der Waals surface area contributed by atoms with Gasteiger partial charge in [-0.2, -0.15) is 0 Å². The number of fused-ring (bicyclic) bond motifs is 1. The number of ether oxygens (including phenoxy) is 1.